The molecule has 1 N–H and O–H groups in total. The molecule has 4 rings (SSSR count). The molecule has 0 amide bonds. The first-order valence-electron chi connectivity index (χ1n) is 9.35. The van der Waals surface area contributed by atoms with Crippen LogP contribution >= 0.6 is 11.6 Å². The number of fused-ring (bicyclic) bond motifs is 1. The average Bonchev–Trinajstić information content (AvgIpc) is 3.29. The van der Waals surface area contributed by atoms with Crippen molar-refractivity contribution in [3.05, 3.63) is 59.2 Å². The summed E-state index contributed by atoms with van der Waals surface area (Å²) < 4.78 is 33.2. The molecule has 2 heterocycles. The maximum absolute atomic E-state index is 12.5. The van der Waals surface area contributed by atoms with Gasteiger partial charge in [0.25, 0.3) is 0 Å². The third-order valence-electron chi connectivity index (χ3n) is 5.04. The topological polar surface area (TPSA) is 75.4 Å². The van der Waals surface area contributed by atoms with Gasteiger partial charge in [0, 0.05) is 23.0 Å². The molecule has 1 aromatic heterocycles. The van der Waals surface area contributed by atoms with E-state index in [-0.39, 0.29) is 10.9 Å². The van der Waals surface area contributed by atoms with Crippen molar-refractivity contribution < 1.29 is 12.9 Å². The van der Waals surface area contributed by atoms with Crippen LogP contribution in [0.4, 0.5) is 0 Å². The van der Waals surface area contributed by atoms with Crippen LogP contribution in [0.15, 0.2) is 57.9 Å². The van der Waals surface area contributed by atoms with Gasteiger partial charge >= 0.3 is 0 Å². The third-order valence-corrected chi connectivity index (χ3v) is 6.79. The van der Waals surface area contributed by atoms with Gasteiger partial charge in [-0.25, -0.2) is 13.1 Å². The predicted molar refractivity (Wildman–Crippen MR) is 109 cm³/mol. The fraction of sp³-hybridized carbons (Fsp3) is 0.350. The number of aryl methyl sites for hydroxylation is 1. The van der Waals surface area contributed by atoms with Gasteiger partial charge in [-0.2, -0.15) is 0 Å². The molecule has 1 atom stereocenters. The maximum Gasteiger partial charge on any atom is 0.240 e. The van der Waals surface area contributed by atoms with Crippen LogP contribution in [0.2, 0.25) is 5.02 Å². The van der Waals surface area contributed by atoms with Crippen LogP contribution in [0, 0.1) is 0 Å². The Balaban J connectivity index is 1.28. The SMILES string of the molecule is O=S(=O)(N[C@@H]1CCN(CCCc2noc3ccccc23)C1)c1cccc(Cl)c1. The van der Waals surface area contributed by atoms with E-state index in [1.807, 2.05) is 24.3 Å². The summed E-state index contributed by atoms with van der Waals surface area (Å²) in [5.41, 5.74) is 1.79. The summed E-state index contributed by atoms with van der Waals surface area (Å²) in [7, 11) is -3.55. The van der Waals surface area contributed by atoms with Crippen molar-refractivity contribution in [3.8, 4) is 0 Å². The summed E-state index contributed by atoms with van der Waals surface area (Å²) >= 11 is 5.91. The minimum absolute atomic E-state index is 0.0862. The Morgan fingerprint density at radius 1 is 1.21 bits per heavy atom. The second kappa shape index (κ2) is 8.21. The average molecular weight is 420 g/mol. The molecule has 0 bridgehead atoms. The number of aromatic nitrogens is 1. The summed E-state index contributed by atoms with van der Waals surface area (Å²) in [6, 6.07) is 14.1. The second-order valence-corrected chi connectivity index (χ2v) is 9.24. The van der Waals surface area contributed by atoms with Gasteiger partial charge in [0.15, 0.2) is 5.58 Å². The molecule has 0 spiro atoms. The number of rotatable bonds is 7. The van der Waals surface area contributed by atoms with Crippen molar-refractivity contribution >= 4 is 32.6 Å². The zero-order valence-electron chi connectivity index (χ0n) is 15.3. The lowest BCUT2D eigenvalue weighted by atomic mass is 10.1. The van der Waals surface area contributed by atoms with Gasteiger partial charge in [0.05, 0.1) is 10.6 Å². The van der Waals surface area contributed by atoms with Gasteiger partial charge in [0.2, 0.25) is 10.0 Å². The van der Waals surface area contributed by atoms with E-state index in [4.69, 9.17) is 16.1 Å². The van der Waals surface area contributed by atoms with Gasteiger partial charge in [-0.3, -0.25) is 0 Å². The van der Waals surface area contributed by atoms with E-state index in [0.29, 0.717) is 11.6 Å². The fourth-order valence-electron chi connectivity index (χ4n) is 3.64. The number of nitrogens with one attached hydrogen (secondary N) is 1. The second-order valence-electron chi connectivity index (χ2n) is 7.09. The fourth-order valence-corrected chi connectivity index (χ4v) is 5.20. The molecule has 1 saturated heterocycles. The molecule has 0 unspecified atom stereocenters. The Morgan fingerprint density at radius 2 is 2.07 bits per heavy atom. The lowest BCUT2D eigenvalue weighted by molar-refractivity contribution is 0.326. The van der Waals surface area contributed by atoms with Crippen LogP contribution in [0.1, 0.15) is 18.5 Å². The molecule has 8 heteroatoms. The van der Waals surface area contributed by atoms with E-state index in [0.717, 1.165) is 49.0 Å². The molecule has 1 fully saturated rings. The number of hydrogen-bond donors (Lipinski definition) is 1. The monoisotopic (exact) mass is 419 g/mol. The molecule has 6 nitrogen and oxygen atoms in total. The molecule has 3 aromatic rings. The molecular formula is C20H22ClN3O3S. The maximum atomic E-state index is 12.5. The molecule has 148 valence electrons. The Morgan fingerprint density at radius 3 is 2.93 bits per heavy atom. The van der Waals surface area contributed by atoms with Gasteiger partial charge < -0.3 is 9.42 Å². The number of para-hydroxylation sites is 1. The number of hydrogen-bond acceptors (Lipinski definition) is 5. The Labute approximate surface area is 169 Å². The van der Waals surface area contributed by atoms with Crippen LogP contribution in [-0.2, 0) is 16.4 Å². The molecule has 0 radical (unpaired) electrons. The summed E-state index contributed by atoms with van der Waals surface area (Å²) in [5.74, 6) is 0. The first-order valence-corrected chi connectivity index (χ1v) is 11.2. The normalized spacial score (nSPS) is 18.1. The number of nitrogens with zero attached hydrogens (tertiary/aromatic N) is 2. The summed E-state index contributed by atoms with van der Waals surface area (Å²) in [6.07, 6.45) is 2.59. The molecule has 1 aliphatic rings. The predicted octanol–water partition coefficient (Wildman–Crippen LogP) is 3.47. The van der Waals surface area contributed by atoms with Gasteiger partial charge in [-0.05, 0) is 62.7 Å². The van der Waals surface area contributed by atoms with E-state index in [1.165, 1.54) is 6.07 Å². The van der Waals surface area contributed by atoms with E-state index in [9.17, 15) is 8.42 Å². The Bertz CT molecular complexity index is 1070. The molecule has 1 aliphatic heterocycles. The highest BCUT2D eigenvalue weighted by Crippen LogP contribution is 2.20. The summed E-state index contributed by atoms with van der Waals surface area (Å²) in [4.78, 5) is 2.49. The number of likely N-dealkylation sites (tertiary alicyclic amines) is 1. The smallest absolute Gasteiger partial charge is 0.240 e. The molecule has 0 saturated carbocycles. The Hall–Kier alpha value is -1.93. The largest absolute Gasteiger partial charge is 0.356 e. The van der Waals surface area contributed by atoms with Crippen LogP contribution in [0.3, 0.4) is 0 Å². The van der Waals surface area contributed by atoms with E-state index in [1.54, 1.807) is 18.2 Å². The summed E-state index contributed by atoms with van der Waals surface area (Å²) in [5, 5.41) is 5.65. The lowest BCUT2D eigenvalue weighted by Crippen LogP contribution is -2.37. The van der Waals surface area contributed by atoms with Crippen LogP contribution in [-0.4, -0.2) is 44.2 Å². The number of halogens is 1. The van der Waals surface area contributed by atoms with Crippen molar-refractivity contribution in [1.29, 1.82) is 0 Å². The quantitative estimate of drug-likeness (QED) is 0.634. The summed E-state index contributed by atoms with van der Waals surface area (Å²) in [6.45, 7) is 2.48. The van der Waals surface area contributed by atoms with E-state index in [2.05, 4.69) is 14.8 Å². The number of benzene rings is 2. The third kappa shape index (κ3) is 4.38. The highest BCUT2D eigenvalue weighted by molar-refractivity contribution is 7.89. The highest BCUT2D eigenvalue weighted by Gasteiger charge is 2.27. The van der Waals surface area contributed by atoms with Crippen LogP contribution < -0.4 is 4.72 Å². The standard InChI is InChI=1S/C20H22ClN3O3S/c21-15-5-3-6-17(13-15)28(25,26)23-16-10-12-24(14-16)11-4-8-19-18-7-1-2-9-20(18)27-22-19/h1-3,5-7,9,13,16,23H,4,8,10-12,14H2/t16-/m1/s1. The lowest BCUT2D eigenvalue weighted by Gasteiger charge is -2.16. The van der Waals surface area contributed by atoms with Gasteiger partial charge in [0.1, 0.15) is 0 Å². The van der Waals surface area contributed by atoms with Crippen LogP contribution in [0.5, 0.6) is 0 Å². The van der Waals surface area contributed by atoms with Crippen molar-refractivity contribution in [3.63, 3.8) is 0 Å². The van der Waals surface area contributed by atoms with Crippen molar-refractivity contribution in [2.75, 3.05) is 19.6 Å². The highest BCUT2D eigenvalue weighted by atomic mass is 35.5. The molecular weight excluding hydrogens is 398 g/mol. The minimum atomic E-state index is -3.55. The van der Waals surface area contributed by atoms with E-state index < -0.39 is 10.0 Å². The van der Waals surface area contributed by atoms with Crippen LogP contribution in [0.25, 0.3) is 11.0 Å². The van der Waals surface area contributed by atoms with Crippen molar-refractivity contribution in [2.24, 2.45) is 0 Å². The van der Waals surface area contributed by atoms with Crippen molar-refractivity contribution in [1.82, 2.24) is 14.8 Å². The zero-order chi connectivity index (χ0) is 19.6. The zero-order valence-corrected chi connectivity index (χ0v) is 16.9. The minimum Gasteiger partial charge on any atom is -0.356 e. The Kier molecular flexibility index (Phi) is 5.68. The molecule has 28 heavy (non-hydrogen) atoms. The number of sulfonamides is 1. The van der Waals surface area contributed by atoms with Gasteiger partial charge in [-0.15, -0.1) is 0 Å². The first kappa shape index (κ1) is 19.4. The van der Waals surface area contributed by atoms with Gasteiger partial charge in [-0.1, -0.05) is 35.0 Å². The first-order chi connectivity index (χ1) is 13.5. The molecule has 0 aliphatic carbocycles. The van der Waals surface area contributed by atoms with E-state index >= 15 is 0 Å². The molecule has 2 aromatic carbocycles. The van der Waals surface area contributed by atoms with Crippen molar-refractivity contribution in [2.45, 2.75) is 30.2 Å².